The first kappa shape index (κ1) is 28.3. The molecule has 0 aliphatic rings. The Hall–Kier alpha value is -2.90. The van der Waals surface area contributed by atoms with Gasteiger partial charge in [-0.3, -0.25) is 10.1 Å². The Kier molecular flexibility index (Phi) is 8.74. The number of hydrogen-bond donors (Lipinski definition) is 2. The van der Waals surface area contributed by atoms with Crippen molar-refractivity contribution in [2.24, 2.45) is 0 Å². The topological polar surface area (TPSA) is 75.3 Å². The molecule has 0 spiro atoms. The predicted molar refractivity (Wildman–Crippen MR) is 127 cm³/mol. The minimum Gasteiger partial charge on any atom is -0.341 e. The molecule has 3 atom stereocenters. The molecule has 5 nitrogen and oxygen atoms in total. The molecular formula is C25H28F4N2O3S. The smallest absolute Gasteiger partial charge is 0.341 e. The van der Waals surface area contributed by atoms with Crippen molar-refractivity contribution < 1.29 is 30.8 Å². The van der Waals surface area contributed by atoms with Crippen molar-refractivity contribution in [2.45, 2.75) is 62.1 Å². The van der Waals surface area contributed by atoms with Crippen LogP contribution in [0.25, 0.3) is 11.1 Å². The van der Waals surface area contributed by atoms with E-state index in [-0.39, 0.29) is 10.5 Å². The lowest BCUT2D eigenvalue weighted by molar-refractivity contribution is -0.161. The fourth-order valence-corrected chi connectivity index (χ4v) is 4.04. The maximum absolute atomic E-state index is 14.3. The number of carbonyl (C=O) groups excluding carboxylic acids is 1. The van der Waals surface area contributed by atoms with Gasteiger partial charge in [0.2, 0.25) is 5.91 Å². The van der Waals surface area contributed by atoms with Crippen molar-refractivity contribution in [1.82, 2.24) is 10.6 Å². The van der Waals surface area contributed by atoms with Gasteiger partial charge >= 0.3 is 6.18 Å². The highest BCUT2D eigenvalue weighted by Gasteiger charge is 2.43. The summed E-state index contributed by atoms with van der Waals surface area (Å²) < 4.78 is 79.5. The summed E-state index contributed by atoms with van der Waals surface area (Å²) in [6.07, 6.45) is 1.02. The van der Waals surface area contributed by atoms with Gasteiger partial charge in [0.05, 0.1) is 17.0 Å². The molecule has 0 aliphatic carbocycles. The second kappa shape index (κ2) is 10.8. The zero-order chi connectivity index (χ0) is 26.6. The fraction of sp³-hybridized carbons (Fsp3) is 0.400. The van der Waals surface area contributed by atoms with E-state index in [9.17, 15) is 30.8 Å². The highest BCUT2D eigenvalue weighted by Crippen LogP contribution is 2.35. The number of carbonyl (C=O) groups is 1. The lowest BCUT2D eigenvalue weighted by Gasteiger charge is -2.30. The average Bonchev–Trinajstić information content (AvgIpc) is 2.74. The van der Waals surface area contributed by atoms with Crippen LogP contribution in [-0.2, 0) is 14.6 Å². The number of amides is 1. The van der Waals surface area contributed by atoms with E-state index < -0.39 is 52.1 Å². The molecule has 1 amide bonds. The third-order valence-electron chi connectivity index (χ3n) is 5.17. The van der Waals surface area contributed by atoms with Crippen LogP contribution in [0.3, 0.4) is 0 Å². The van der Waals surface area contributed by atoms with Crippen LogP contribution in [0.4, 0.5) is 17.6 Å². The van der Waals surface area contributed by atoms with E-state index in [0.717, 1.165) is 6.26 Å². The van der Waals surface area contributed by atoms with E-state index in [2.05, 4.69) is 16.6 Å². The second-order valence-corrected chi connectivity index (χ2v) is 10.9. The molecule has 0 radical (unpaired) electrons. The molecule has 0 saturated heterocycles. The van der Waals surface area contributed by atoms with Crippen LogP contribution in [-0.4, -0.2) is 44.5 Å². The molecule has 35 heavy (non-hydrogen) atoms. The number of benzene rings is 2. The summed E-state index contributed by atoms with van der Waals surface area (Å²) in [5.74, 6) is 1.42. The van der Waals surface area contributed by atoms with Crippen LogP contribution in [0.1, 0.15) is 38.8 Å². The summed E-state index contributed by atoms with van der Waals surface area (Å²) in [5.41, 5.74) is -0.919. The van der Waals surface area contributed by atoms with E-state index in [1.165, 1.54) is 57.2 Å². The maximum Gasteiger partial charge on any atom is 0.407 e. The van der Waals surface area contributed by atoms with E-state index >= 15 is 0 Å². The molecule has 190 valence electrons. The molecule has 2 aromatic rings. The summed E-state index contributed by atoms with van der Waals surface area (Å²) in [4.78, 5) is 12.7. The zero-order valence-corrected chi connectivity index (χ0v) is 20.6. The van der Waals surface area contributed by atoms with E-state index in [0.29, 0.717) is 11.1 Å². The predicted octanol–water partition coefficient (Wildman–Crippen LogP) is 4.59. The molecule has 0 heterocycles. The van der Waals surface area contributed by atoms with Gasteiger partial charge < -0.3 is 5.32 Å². The molecule has 2 unspecified atom stereocenters. The third-order valence-corrected chi connectivity index (χ3v) is 6.30. The first-order valence-electron chi connectivity index (χ1n) is 10.7. The van der Waals surface area contributed by atoms with Crippen LogP contribution in [0.5, 0.6) is 0 Å². The van der Waals surface area contributed by atoms with Crippen molar-refractivity contribution >= 4 is 15.7 Å². The molecule has 0 fully saturated rings. The maximum atomic E-state index is 14.3. The van der Waals surface area contributed by atoms with E-state index in [4.69, 9.17) is 6.42 Å². The lowest BCUT2D eigenvalue weighted by atomic mass is 9.96. The minimum atomic E-state index is -4.78. The first-order chi connectivity index (χ1) is 16.0. The van der Waals surface area contributed by atoms with Crippen LogP contribution in [0.2, 0.25) is 0 Å². The summed E-state index contributed by atoms with van der Waals surface area (Å²) in [7, 11) is -3.38. The van der Waals surface area contributed by atoms with Crippen molar-refractivity contribution in [3.05, 3.63) is 54.1 Å². The standard InChI is InChI=1S/C25H28F4N2O3S/c1-6-16(2)30-23(32)21(15-24(3,4)26)31-22(25(27,28)29)19-9-7-17(8-10-19)18-11-13-20(14-12-18)35(5,33)34/h1,7-14,16,21-22,31H,15H2,2-5H3,(H,30,32)/t16?,21?,22-/m0/s1. The Balaban J connectivity index is 2.35. The molecule has 10 heteroatoms. The molecule has 0 aromatic heterocycles. The number of alkyl halides is 4. The Bertz CT molecular complexity index is 1160. The van der Waals surface area contributed by atoms with Gasteiger partial charge in [0.25, 0.3) is 0 Å². The van der Waals surface area contributed by atoms with Gasteiger partial charge in [-0.05, 0) is 49.6 Å². The number of rotatable bonds is 9. The van der Waals surface area contributed by atoms with Crippen LogP contribution >= 0.6 is 0 Å². The summed E-state index contributed by atoms with van der Waals surface area (Å²) in [6, 6.07) is 6.88. The number of nitrogens with one attached hydrogen (secondary N) is 2. The Morgan fingerprint density at radius 3 is 1.89 bits per heavy atom. The zero-order valence-electron chi connectivity index (χ0n) is 19.8. The molecular weight excluding hydrogens is 484 g/mol. The third kappa shape index (κ3) is 8.37. The Morgan fingerprint density at radius 1 is 1.00 bits per heavy atom. The first-order valence-corrected chi connectivity index (χ1v) is 12.6. The Labute approximate surface area is 203 Å². The summed E-state index contributed by atoms with van der Waals surface area (Å²) in [5, 5.41) is 4.66. The number of halogens is 4. The molecule has 2 aromatic carbocycles. The normalized spacial score (nSPS) is 15.1. The Morgan fingerprint density at radius 2 is 1.49 bits per heavy atom. The van der Waals surface area contributed by atoms with Crippen LogP contribution in [0, 0.1) is 12.3 Å². The molecule has 0 aliphatic heterocycles. The average molecular weight is 513 g/mol. The number of terminal acetylenes is 1. The van der Waals surface area contributed by atoms with Crippen molar-refractivity contribution in [2.75, 3.05) is 6.26 Å². The number of hydrogen-bond acceptors (Lipinski definition) is 4. The van der Waals surface area contributed by atoms with Crippen molar-refractivity contribution in [1.29, 1.82) is 0 Å². The van der Waals surface area contributed by atoms with Gasteiger partial charge in [-0.25, -0.2) is 12.8 Å². The lowest BCUT2D eigenvalue weighted by Crippen LogP contribution is -2.52. The van der Waals surface area contributed by atoms with Crippen LogP contribution in [0.15, 0.2) is 53.4 Å². The van der Waals surface area contributed by atoms with E-state index in [1.54, 1.807) is 12.1 Å². The van der Waals surface area contributed by atoms with Crippen molar-refractivity contribution in [3.8, 4) is 23.5 Å². The van der Waals surface area contributed by atoms with Gasteiger partial charge in [-0.15, -0.1) is 6.42 Å². The van der Waals surface area contributed by atoms with Crippen LogP contribution < -0.4 is 10.6 Å². The highest BCUT2D eigenvalue weighted by molar-refractivity contribution is 7.90. The molecule has 0 saturated carbocycles. The monoisotopic (exact) mass is 512 g/mol. The largest absolute Gasteiger partial charge is 0.407 e. The summed E-state index contributed by atoms with van der Waals surface area (Å²) in [6.45, 7) is 3.83. The van der Waals surface area contributed by atoms with Crippen molar-refractivity contribution in [3.63, 3.8) is 0 Å². The van der Waals surface area contributed by atoms with E-state index in [1.807, 2.05) is 0 Å². The highest BCUT2D eigenvalue weighted by atomic mass is 32.2. The SMILES string of the molecule is C#CC(C)NC(=O)C(CC(C)(C)F)N[C@@H](c1ccc(-c2ccc(S(C)(=O)=O)cc2)cc1)C(F)(F)F. The van der Waals surface area contributed by atoms with Gasteiger partial charge in [0.15, 0.2) is 9.84 Å². The minimum absolute atomic E-state index is 0.124. The van der Waals surface area contributed by atoms with Gasteiger partial charge in [0, 0.05) is 12.7 Å². The molecule has 0 bridgehead atoms. The quantitative estimate of drug-likeness (QED) is 0.381. The second-order valence-electron chi connectivity index (χ2n) is 8.93. The molecule has 2 N–H and O–H groups in total. The number of sulfone groups is 1. The van der Waals surface area contributed by atoms with Gasteiger partial charge in [-0.2, -0.15) is 13.2 Å². The molecule has 2 rings (SSSR count). The fourth-order valence-electron chi connectivity index (χ4n) is 3.41. The van der Waals surface area contributed by atoms with Gasteiger partial charge in [-0.1, -0.05) is 42.3 Å². The summed E-state index contributed by atoms with van der Waals surface area (Å²) >= 11 is 0. The van der Waals surface area contributed by atoms with Gasteiger partial charge in [0.1, 0.15) is 11.7 Å².